The van der Waals surface area contributed by atoms with Gasteiger partial charge < -0.3 is 9.15 Å². The van der Waals surface area contributed by atoms with Gasteiger partial charge in [-0.05, 0) is 13.1 Å². The van der Waals surface area contributed by atoms with Gasteiger partial charge in [0, 0.05) is 0 Å². The van der Waals surface area contributed by atoms with Gasteiger partial charge in [0.25, 0.3) is 0 Å². The van der Waals surface area contributed by atoms with Gasteiger partial charge in [-0.2, -0.15) is 5.26 Å². The minimum absolute atomic E-state index is 0.279. The fourth-order valence-corrected chi connectivity index (χ4v) is 1.18. The first-order valence-electron chi connectivity index (χ1n) is 4.39. The number of hydrogen-bond donors (Lipinski definition) is 0. The molecule has 0 saturated heterocycles. The Labute approximate surface area is 87.8 Å². The van der Waals surface area contributed by atoms with Crippen LogP contribution in [0.3, 0.4) is 0 Å². The number of rotatable bonds is 4. The second kappa shape index (κ2) is 5.17. The Balaban J connectivity index is 2.74. The molecule has 0 bridgehead atoms. The highest BCUT2D eigenvalue weighted by atomic mass is 16.5. The first-order valence-corrected chi connectivity index (χ1v) is 4.39. The van der Waals surface area contributed by atoms with Gasteiger partial charge in [0.1, 0.15) is 11.3 Å². The number of nitrogens with zero attached hydrogens (tertiary/aromatic N) is 2. The number of methoxy groups -OCH3 is 1. The van der Waals surface area contributed by atoms with Gasteiger partial charge in [-0.25, -0.2) is 4.79 Å². The van der Waals surface area contributed by atoms with Crippen LogP contribution in [0.4, 0.5) is 0 Å². The lowest BCUT2D eigenvalue weighted by atomic mass is 10.2. The molecule has 0 aliphatic carbocycles. The molecule has 0 aromatic carbocycles. The van der Waals surface area contributed by atoms with E-state index in [1.807, 2.05) is 6.07 Å². The van der Waals surface area contributed by atoms with Gasteiger partial charge in [0.15, 0.2) is 0 Å². The van der Waals surface area contributed by atoms with E-state index in [0.717, 1.165) is 0 Å². The predicted molar refractivity (Wildman–Crippen MR) is 52.0 cm³/mol. The lowest BCUT2D eigenvalue weighted by Crippen LogP contribution is -2.19. The van der Waals surface area contributed by atoms with Crippen LogP contribution in [0, 0.1) is 11.3 Å². The lowest BCUT2D eigenvalue weighted by Gasteiger charge is -2.10. The summed E-state index contributed by atoms with van der Waals surface area (Å²) in [7, 11) is 3.09. The molecule has 0 aliphatic rings. The molecule has 0 amide bonds. The van der Waals surface area contributed by atoms with E-state index < -0.39 is 5.97 Å². The summed E-state index contributed by atoms with van der Waals surface area (Å²) in [6.45, 7) is 0.687. The first-order chi connectivity index (χ1) is 7.19. The molecule has 1 heterocycles. The third-order valence-corrected chi connectivity index (χ3v) is 1.90. The van der Waals surface area contributed by atoms with Crippen LogP contribution < -0.4 is 0 Å². The fraction of sp³-hybridized carbons (Fsp3) is 0.400. The van der Waals surface area contributed by atoms with Gasteiger partial charge >= 0.3 is 5.97 Å². The largest absolute Gasteiger partial charge is 0.467 e. The van der Waals surface area contributed by atoms with E-state index in [1.54, 1.807) is 18.0 Å². The van der Waals surface area contributed by atoms with Crippen molar-refractivity contribution < 1.29 is 13.9 Å². The monoisotopic (exact) mass is 208 g/mol. The van der Waals surface area contributed by atoms with E-state index in [-0.39, 0.29) is 6.54 Å². The Morgan fingerprint density at radius 1 is 1.73 bits per heavy atom. The highest BCUT2D eigenvalue weighted by Crippen LogP contribution is 2.13. The van der Waals surface area contributed by atoms with Crippen molar-refractivity contribution in [1.82, 2.24) is 4.90 Å². The van der Waals surface area contributed by atoms with Crippen LogP contribution in [-0.4, -0.2) is 31.6 Å². The van der Waals surface area contributed by atoms with Crippen LogP contribution in [0.25, 0.3) is 0 Å². The van der Waals surface area contributed by atoms with Gasteiger partial charge in [-0.15, -0.1) is 0 Å². The van der Waals surface area contributed by atoms with Crippen LogP contribution in [0.2, 0.25) is 0 Å². The van der Waals surface area contributed by atoms with Crippen LogP contribution in [0.1, 0.15) is 16.1 Å². The molecule has 0 N–H and O–H groups in total. The molecule has 0 spiro atoms. The van der Waals surface area contributed by atoms with E-state index in [1.165, 1.54) is 13.4 Å². The number of carbonyl (C=O) groups is 1. The summed E-state index contributed by atoms with van der Waals surface area (Å²) in [6.07, 6.45) is 1.43. The Morgan fingerprint density at radius 3 is 3.07 bits per heavy atom. The van der Waals surface area contributed by atoms with E-state index in [4.69, 9.17) is 9.68 Å². The van der Waals surface area contributed by atoms with Crippen LogP contribution in [0.5, 0.6) is 0 Å². The maximum absolute atomic E-state index is 11.3. The molecule has 0 aliphatic heterocycles. The molecule has 0 radical (unpaired) electrons. The maximum Gasteiger partial charge on any atom is 0.341 e. The Hall–Kier alpha value is -1.80. The average Bonchev–Trinajstić information content (AvgIpc) is 2.65. The Kier molecular flexibility index (Phi) is 3.89. The maximum atomic E-state index is 11.3. The standard InChI is InChI=1S/C10H12N2O3/c1-12(5-4-11)7-9-8(3-6-15-9)10(13)14-2/h3,6H,5,7H2,1-2H3. The number of hydrogen-bond acceptors (Lipinski definition) is 5. The zero-order valence-electron chi connectivity index (χ0n) is 8.69. The topological polar surface area (TPSA) is 66.5 Å². The number of nitriles is 1. The van der Waals surface area contributed by atoms with Crippen molar-refractivity contribution in [3.05, 3.63) is 23.7 Å². The molecule has 1 rings (SSSR count). The molecule has 0 atom stereocenters. The Bertz CT molecular complexity index is 378. The van der Waals surface area contributed by atoms with Gasteiger partial charge in [-0.1, -0.05) is 0 Å². The zero-order valence-corrected chi connectivity index (χ0v) is 8.69. The molecular formula is C10H12N2O3. The van der Waals surface area contributed by atoms with Crippen molar-refractivity contribution in [2.45, 2.75) is 6.54 Å². The summed E-state index contributed by atoms with van der Waals surface area (Å²) in [5.41, 5.74) is 0.405. The highest BCUT2D eigenvalue weighted by molar-refractivity contribution is 5.90. The molecule has 15 heavy (non-hydrogen) atoms. The molecular weight excluding hydrogens is 196 g/mol. The molecule has 5 heteroatoms. The summed E-state index contributed by atoms with van der Waals surface area (Å²) >= 11 is 0. The van der Waals surface area contributed by atoms with Crippen molar-refractivity contribution in [1.29, 1.82) is 5.26 Å². The van der Waals surface area contributed by atoms with Gasteiger partial charge in [0.05, 0.1) is 32.5 Å². The SMILES string of the molecule is COC(=O)c1ccoc1CN(C)CC#N. The summed E-state index contributed by atoms with van der Waals surface area (Å²) in [4.78, 5) is 13.0. The van der Waals surface area contributed by atoms with Crippen molar-refractivity contribution >= 4 is 5.97 Å². The van der Waals surface area contributed by atoms with E-state index in [0.29, 0.717) is 17.9 Å². The minimum atomic E-state index is -0.427. The molecule has 0 unspecified atom stereocenters. The molecule has 0 fully saturated rings. The number of furan rings is 1. The average molecular weight is 208 g/mol. The molecule has 0 saturated carbocycles. The van der Waals surface area contributed by atoms with Gasteiger partial charge in [-0.3, -0.25) is 4.90 Å². The molecule has 1 aromatic heterocycles. The third kappa shape index (κ3) is 2.82. The van der Waals surface area contributed by atoms with Crippen LogP contribution in [0.15, 0.2) is 16.7 Å². The van der Waals surface area contributed by atoms with Crippen molar-refractivity contribution in [3.63, 3.8) is 0 Å². The van der Waals surface area contributed by atoms with Crippen molar-refractivity contribution in [2.24, 2.45) is 0 Å². The second-order valence-corrected chi connectivity index (χ2v) is 3.08. The number of carbonyl (C=O) groups excluding carboxylic acids is 1. The van der Waals surface area contributed by atoms with E-state index in [9.17, 15) is 4.79 Å². The van der Waals surface area contributed by atoms with Crippen LogP contribution >= 0.6 is 0 Å². The first kappa shape index (κ1) is 11.3. The second-order valence-electron chi connectivity index (χ2n) is 3.08. The summed E-state index contributed by atoms with van der Waals surface area (Å²) in [5.74, 6) is 0.0868. The number of esters is 1. The third-order valence-electron chi connectivity index (χ3n) is 1.90. The van der Waals surface area contributed by atoms with E-state index in [2.05, 4.69) is 4.74 Å². The van der Waals surface area contributed by atoms with Crippen molar-refractivity contribution in [3.8, 4) is 6.07 Å². The van der Waals surface area contributed by atoms with E-state index >= 15 is 0 Å². The van der Waals surface area contributed by atoms with Gasteiger partial charge in [0.2, 0.25) is 0 Å². The summed E-state index contributed by atoms with van der Waals surface area (Å²) < 4.78 is 9.75. The summed E-state index contributed by atoms with van der Waals surface area (Å²) in [5, 5.41) is 8.48. The van der Waals surface area contributed by atoms with Crippen molar-refractivity contribution in [2.75, 3.05) is 20.7 Å². The zero-order chi connectivity index (χ0) is 11.3. The predicted octanol–water partition coefficient (Wildman–Crippen LogP) is 1.02. The lowest BCUT2D eigenvalue weighted by molar-refractivity contribution is 0.0597. The molecule has 1 aromatic rings. The smallest absolute Gasteiger partial charge is 0.341 e. The fourth-order valence-electron chi connectivity index (χ4n) is 1.18. The quantitative estimate of drug-likeness (QED) is 0.546. The van der Waals surface area contributed by atoms with Crippen LogP contribution in [-0.2, 0) is 11.3 Å². The molecule has 5 nitrogen and oxygen atoms in total. The molecule has 80 valence electrons. The highest BCUT2D eigenvalue weighted by Gasteiger charge is 2.15. The number of ether oxygens (including phenoxy) is 1. The summed E-state index contributed by atoms with van der Waals surface area (Å²) in [6, 6.07) is 3.57. The Morgan fingerprint density at radius 2 is 2.47 bits per heavy atom. The normalized spacial score (nSPS) is 10.0. The minimum Gasteiger partial charge on any atom is -0.467 e.